The Morgan fingerprint density at radius 2 is 0.694 bits per heavy atom. The number of carbonyl (C=O) groups is 2. The van der Waals surface area contributed by atoms with Gasteiger partial charge in [0.2, 0.25) is 5.91 Å². The molecule has 0 saturated carbocycles. The van der Waals surface area contributed by atoms with E-state index in [1.807, 2.05) is 6.08 Å². The van der Waals surface area contributed by atoms with Crippen LogP contribution in [0.15, 0.2) is 48.6 Å². The SMILES string of the molecule is CCCCC/C=C\C/C=C\CCCCCCCCCC(=O)OCCCCCCCCCCCCC/C=C\CCCCCCCCCC(=O)NC(CO)C(O)/C=C/CCCCCCCCCCCCCCCC. The molecule has 2 unspecified atom stereocenters. The zero-order valence-electron chi connectivity index (χ0n) is 48.2. The maximum atomic E-state index is 12.5. The van der Waals surface area contributed by atoms with Crippen molar-refractivity contribution in [2.45, 2.75) is 347 Å². The third kappa shape index (κ3) is 57.1. The van der Waals surface area contributed by atoms with E-state index in [-0.39, 0.29) is 18.5 Å². The van der Waals surface area contributed by atoms with Crippen LogP contribution in [0.2, 0.25) is 0 Å². The first-order chi connectivity index (χ1) is 35.5. The predicted molar refractivity (Wildman–Crippen MR) is 315 cm³/mol. The number of aliphatic hydroxyl groups excluding tert-OH is 2. The largest absolute Gasteiger partial charge is 0.466 e. The summed E-state index contributed by atoms with van der Waals surface area (Å²) >= 11 is 0. The van der Waals surface area contributed by atoms with Crippen molar-refractivity contribution in [2.75, 3.05) is 13.2 Å². The summed E-state index contributed by atoms with van der Waals surface area (Å²) in [4.78, 5) is 24.6. The minimum atomic E-state index is -0.850. The van der Waals surface area contributed by atoms with Gasteiger partial charge < -0.3 is 20.3 Å². The van der Waals surface area contributed by atoms with E-state index < -0.39 is 12.1 Å². The highest BCUT2D eigenvalue weighted by Crippen LogP contribution is 2.17. The molecule has 0 bridgehead atoms. The van der Waals surface area contributed by atoms with Gasteiger partial charge in [0.05, 0.1) is 25.4 Å². The highest BCUT2D eigenvalue weighted by atomic mass is 16.5. The summed E-state index contributed by atoms with van der Waals surface area (Å²) in [5.41, 5.74) is 0. The van der Waals surface area contributed by atoms with Crippen molar-refractivity contribution in [2.24, 2.45) is 0 Å². The van der Waals surface area contributed by atoms with Crippen LogP contribution in [0.4, 0.5) is 0 Å². The molecule has 1 amide bonds. The summed E-state index contributed by atoms with van der Waals surface area (Å²) < 4.78 is 5.49. The van der Waals surface area contributed by atoms with Crippen LogP contribution < -0.4 is 5.32 Å². The number of amides is 1. The molecule has 2 atom stereocenters. The predicted octanol–water partition coefficient (Wildman–Crippen LogP) is 20.1. The van der Waals surface area contributed by atoms with Gasteiger partial charge in [-0.25, -0.2) is 0 Å². The van der Waals surface area contributed by atoms with Crippen molar-refractivity contribution < 1.29 is 24.5 Å². The Bertz CT molecular complexity index is 1210. The molecule has 0 aliphatic heterocycles. The lowest BCUT2D eigenvalue weighted by atomic mass is 10.0. The van der Waals surface area contributed by atoms with Gasteiger partial charge in [0.1, 0.15) is 0 Å². The molecule has 422 valence electrons. The van der Waals surface area contributed by atoms with Crippen molar-refractivity contribution in [3.8, 4) is 0 Å². The molecule has 0 saturated heterocycles. The number of aliphatic hydroxyl groups is 2. The van der Waals surface area contributed by atoms with E-state index in [0.717, 1.165) is 57.8 Å². The maximum absolute atomic E-state index is 12.5. The molecule has 0 radical (unpaired) electrons. The molecule has 0 aliphatic carbocycles. The van der Waals surface area contributed by atoms with Crippen molar-refractivity contribution in [1.82, 2.24) is 5.32 Å². The van der Waals surface area contributed by atoms with E-state index in [1.165, 1.54) is 250 Å². The van der Waals surface area contributed by atoms with Crippen LogP contribution in [0.3, 0.4) is 0 Å². The van der Waals surface area contributed by atoms with Gasteiger partial charge in [-0.05, 0) is 89.9 Å². The van der Waals surface area contributed by atoms with Gasteiger partial charge >= 0.3 is 5.97 Å². The molecule has 0 aromatic carbocycles. The van der Waals surface area contributed by atoms with E-state index >= 15 is 0 Å². The van der Waals surface area contributed by atoms with Gasteiger partial charge in [-0.15, -0.1) is 0 Å². The normalized spacial score (nSPS) is 12.9. The molecule has 3 N–H and O–H groups in total. The standard InChI is InChI=1S/C66H123NO5/c1-3-5-7-9-11-13-15-17-19-27-32-36-40-44-48-52-56-60-66(71)72-61-57-53-49-45-41-37-33-29-26-24-22-21-23-25-28-31-35-39-43-47-51-55-59-65(70)67-63(62-68)64(69)58-54-50-46-42-38-34-30-20-18-16-14-12-10-8-6-4-2/h11,13,17,19,23,25,54,58,63-64,68-69H,3-10,12,14-16,18,20-22,24,26-53,55-57,59-62H2,1-2H3,(H,67,70)/b13-11-,19-17-,25-23-,58-54+. The molecule has 0 aliphatic rings. The first-order valence-corrected chi connectivity index (χ1v) is 31.9. The summed E-state index contributed by atoms with van der Waals surface area (Å²) in [7, 11) is 0. The van der Waals surface area contributed by atoms with Crippen LogP contribution in [0, 0.1) is 0 Å². The van der Waals surface area contributed by atoms with E-state index in [0.29, 0.717) is 19.4 Å². The maximum Gasteiger partial charge on any atom is 0.305 e. The molecule has 0 aromatic heterocycles. The molecule has 0 aromatic rings. The molecule has 0 fully saturated rings. The summed E-state index contributed by atoms with van der Waals surface area (Å²) in [5, 5.41) is 23.1. The second-order valence-corrected chi connectivity index (χ2v) is 21.7. The Hall–Kier alpha value is -2.18. The van der Waals surface area contributed by atoms with E-state index in [4.69, 9.17) is 4.74 Å². The van der Waals surface area contributed by atoms with Crippen LogP contribution in [-0.2, 0) is 14.3 Å². The molecule has 0 spiro atoms. The second-order valence-electron chi connectivity index (χ2n) is 21.7. The van der Waals surface area contributed by atoms with E-state index in [2.05, 4.69) is 55.6 Å². The number of hydrogen-bond acceptors (Lipinski definition) is 5. The summed E-state index contributed by atoms with van der Waals surface area (Å²) in [6, 6.07) is -0.634. The highest BCUT2D eigenvalue weighted by Gasteiger charge is 2.18. The second kappa shape index (κ2) is 61.4. The van der Waals surface area contributed by atoms with Gasteiger partial charge in [-0.1, -0.05) is 281 Å². The van der Waals surface area contributed by atoms with E-state index in [9.17, 15) is 19.8 Å². The van der Waals surface area contributed by atoms with Crippen molar-refractivity contribution in [1.29, 1.82) is 0 Å². The number of hydrogen-bond donors (Lipinski definition) is 3. The number of unbranched alkanes of at least 4 members (excludes halogenated alkanes) is 42. The Morgan fingerprint density at radius 3 is 1.10 bits per heavy atom. The van der Waals surface area contributed by atoms with Crippen molar-refractivity contribution >= 4 is 11.9 Å². The summed E-state index contributed by atoms with van der Waals surface area (Å²) in [6.45, 7) is 4.88. The average molecular weight is 1010 g/mol. The van der Waals surface area contributed by atoms with Crippen LogP contribution in [0.1, 0.15) is 335 Å². The molecule has 6 nitrogen and oxygen atoms in total. The third-order valence-corrected chi connectivity index (χ3v) is 14.6. The Balaban J connectivity index is 3.44. The lowest BCUT2D eigenvalue weighted by Gasteiger charge is -2.20. The zero-order valence-corrected chi connectivity index (χ0v) is 48.2. The average Bonchev–Trinajstić information content (AvgIpc) is 3.38. The fraction of sp³-hybridized carbons (Fsp3) is 0.848. The summed E-state index contributed by atoms with van der Waals surface area (Å²) in [5.74, 6) is -0.0726. The Morgan fingerprint density at radius 1 is 0.389 bits per heavy atom. The number of rotatable bonds is 59. The number of esters is 1. The molecule has 0 rings (SSSR count). The number of carbonyl (C=O) groups excluding carboxylic acids is 2. The van der Waals surface area contributed by atoms with Crippen LogP contribution in [-0.4, -0.2) is 47.4 Å². The lowest BCUT2D eigenvalue weighted by Crippen LogP contribution is -2.45. The molecule has 72 heavy (non-hydrogen) atoms. The third-order valence-electron chi connectivity index (χ3n) is 14.6. The first-order valence-electron chi connectivity index (χ1n) is 31.9. The quantitative estimate of drug-likeness (QED) is 0.0320. The fourth-order valence-electron chi connectivity index (χ4n) is 9.66. The smallest absolute Gasteiger partial charge is 0.305 e. The van der Waals surface area contributed by atoms with Gasteiger partial charge in [-0.2, -0.15) is 0 Å². The highest BCUT2D eigenvalue weighted by molar-refractivity contribution is 5.76. The number of ether oxygens (including phenoxy) is 1. The van der Waals surface area contributed by atoms with Crippen LogP contribution in [0.25, 0.3) is 0 Å². The Kier molecular flexibility index (Phi) is 59.5. The number of allylic oxidation sites excluding steroid dienone is 7. The molecular weight excluding hydrogens is 887 g/mol. The van der Waals surface area contributed by atoms with Crippen molar-refractivity contribution in [3.63, 3.8) is 0 Å². The minimum Gasteiger partial charge on any atom is -0.466 e. The molecule has 6 heteroatoms. The Labute approximate surface area is 448 Å². The van der Waals surface area contributed by atoms with E-state index in [1.54, 1.807) is 6.08 Å². The number of nitrogens with one attached hydrogen (secondary N) is 1. The van der Waals surface area contributed by atoms with Crippen molar-refractivity contribution in [3.05, 3.63) is 48.6 Å². The van der Waals surface area contributed by atoms with Gasteiger partial charge in [-0.3, -0.25) is 9.59 Å². The molecular formula is C66H123NO5. The summed E-state index contributed by atoms with van der Waals surface area (Å²) in [6.07, 6.45) is 78.6. The first kappa shape index (κ1) is 69.8. The van der Waals surface area contributed by atoms with Gasteiger partial charge in [0.15, 0.2) is 0 Å². The lowest BCUT2D eigenvalue weighted by molar-refractivity contribution is -0.143. The van der Waals surface area contributed by atoms with Crippen LogP contribution in [0.5, 0.6) is 0 Å². The van der Waals surface area contributed by atoms with Crippen LogP contribution >= 0.6 is 0 Å². The van der Waals surface area contributed by atoms with Gasteiger partial charge in [0.25, 0.3) is 0 Å². The topological polar surface area (TPSA) is 95.9 Å². The minimum absolute atomic E-state index is 0.00145. The van der Waals surface area contributed by atoms with Gasteiger partial charge in [0, 0.05) is 12.8 Å². The fourth-order valence-corrected chi connectivity index (χ4v) is 9.66. The molecule has 0 heterocycles. The zero-order chi connectivity index (χ0) is 52.2. The monoisotopic (exact) mass is 1010 g/mol.